The molecule has 0 aliphatic carbocycles. The molecular formula is C21H21F3N4O. The number of alkyl halides is 3. The fourth-order valence-corrected chi connectivity index (χ4v) is 3.72. The predicted octanol–water partition coefficient (Wildman–Crippen LogP) is 3.93. The lowest BCUT2D eigenvalue weighted by Crippen LogP contribution is -2.49. The molecule has 1 aromatic carbocycles. The smallest absolute Gasteiger partial charge is 0.368 e. The maximum Gasteiger partial charge on any atom is 0.416 e. The molecule has 4 rings (SSSR count). The summed E-state index contributed by atoms with van der Waals surface area (Å²) in [6.07, 6.45) is -2.52. The van der Waals surface area contributed by atoms with Crippen LogP contribution in [0.2, 0.25) is 0 Å². The van der Waals surface area contributed by atoms with Gasteiger partial charge in [0.05, 0.1) is 11.3 Å². The van der Waals surface area contributed by atoms with Crippen molar-refractivity contribution >= 4 is 17.2 Å². The van der Waals surface area contributed by atoms with E-state index in [1.165, 1.54) is 6.07 Å². The third-order valence-corrected chi connectivity index (χ3v) is 5.26. The van der Waals surface area contributed by atoms with Crippen LogP contribution in [0, 0.1) is 13.8 Å². The lowest BCUT2D eigenvalue weighted by molar-refractivity contribution is -0.137. The zero-order valence-corrected chi connectivity index (χ0v) is 16.2. The Bertz CT molecular complexity index is 1070. The number of rotatable bonds is 2. The third-order valence-electron chi connectivity index (χ3n) is 5.26. The highest BCUT2D eigenvalue weighted by Gasteiger charge is 2.31. The molecule has 1 aliphatic heterocycles. The van der Waals surface area contributed by atoms with Crippen molar-refractivity contribution in [3.8, 4) is 0 Å². The molecule has 0 spiro atoms. The number of aromatic nitrogens is 2. The first-order valence-electron chi connectivity index (χ1n) is 9.41. The summed E-state index contributed by atoms with van der Waals surface area (Å²) >= 11 is 0. The summed E-state index contributed by atoms with van der Waals surface area (Å²) in [6.45, 7) is 5.61. The number of hydrogen-bond donors (Lipinski definition) is 0. The number of imidazole rings is 1. The quantitative estimate of drug-likeness (QED) is 0.652. The maximum absolute atomic E-state index is 13.1. The Balaban J connectivity index is 1.51. The van der Waals surface area contributed by atoms with Crippen LogP contribution in [-0.2, 0) is 6.18 Å². The van der Waals surface area contributed by atoms with Crippen molar-refractivity contribution in [1.29, 1.82) is 0 Å². The summed E-state index contributed by atoms with van der Waals surface area (Å²) in [6, 6.07) is 9.17. The van der Waals surface area contributed by atoms with Crippen molar-refractivity contribution < 1.29 is 18.0 Å². The van der Waals surface area contributed by atoms with Crippen LogP contribution >= 0.6 is 0 Å². The van der Waals surface area contributed by atoms with Crippen LogP contribution in [0.5, 0.6) is 0 Å². The van der Waals surface area contributed by atoms with Crippen molar-refractivity contribution in [3.63, 3.8) is 0 Å². The average molecular weight is 402 g/mol. The van der Waals surface area contributed by atoms with Crippen molar-refractivity contribution in [2.24, 2.45) is 0 Å². The van der Waals surface area contributed by atoms with E-state index < -0.39 is 11.7 Å². The van der Waals surface area contributed by atoms with E-state index in [9.17, 15) is 18.0 Å². The Labute approximate surface area is 166 Å². The van der Waals surface area contributed by atoms with Gasteiger partial charge in [-0.15, -0.1) is 0 Å². The molecule has 0 bridgehead atoms. The molecule has 3 aromatic rings. The molecule has 29 heavy (non-hydrogen) atoms. The van der Waals surface area contributed by atoms with E-state index in [0.717, 1.165) is 23.3 Å². The molecule has 1 saturated heterocycles. The lowest BCUT2D eigenvalue weighted by atomic mass is 10.1. The number of carbonyl (C=O) groups excluding carboxylic acids is 1. The number of hydrogen-bond acceptors (Lipinski definition) is 3. The van der Waals surface area contributed by atoms with Gasteiger partial charge in [-0.2, -0.15) is 13.2 Å². The standard InChI is InChI=1S/C21H21F3N4O/c1-14-6-7-28-18(12-14)25-15(2)19(28)20(29)27-10-8-26(9-11-27)17-5-3-4-16(13-17)21(22,23)24/h3-7,12-13H,8-11H2,1-2H3. The number of halogens is 3. The minimum absolute atomic E-state index is 0.109. The summed E-state index contributed by atoms with van der Waals surface area (Å²) in [5, 5.41) is 0. The van der Waals surface area contributed by atoms with Crippen molar-refractivity contribution in [3.05, 3.63) is 65.1 Å². The fourth-order valence-electron chi connectivity index (χ4n) is 3.72. The Hall–Kier alpha value is -3.03. The second-order valence-electron chi connectivity index (χ2n) is 7.31. The van der Waals surface area contributed by atoms with Crippen LogP contribution in [0.15, 0.2) is 42.6 Å². The molecule has 0 saturated carbocycles. The maximum atomic E-state index is 13.1. The van der Waals surface area contributed by atoms with E-state index in [1.54, 1.807) is 15.4 Å². The number of amides is 1. The molecule has 2 aromatic heterocycles. The molecule has 0 radical (unpaired) electrons. The monoisotopic (exact) mass is 402 g/mol. The molecule has 0 atom stereocenters. The van der Waals surface area contributed by atoms with E-state index in [2.05, 4.69) is 4.98 Å². The van der Waals surface area contributed by atoms with Gasteiger partial charge in [-0.1, -0.05) is 6.07 Å². The minimum atomic E-state index is -4.37. The largest absolute Gasteiger partial charge is 0.416 e. The summed E-state index contributed by atoms with van der Waals surface area (Å²) in [5.41, 5.74) is 2.86. The van der Waals surface area contributed by atoms with E-state index in [4.69, 9.17) is 0 Å². The molecule has 8 heteroatoms. The molecular weight excluding hydrogens is 381 g/mol. The van der Waals surface area contributed by atoms with Gasteiger partial charge < -0.3 is 9.80 Å². The first kappa shape index (κ1) is 19.3. The highest BCUT2D eigenvalue weighted by Crippen LogP contribution is 2.32. The number of carbonyl (C=O) groups is 1. The van der Waals surface area contributed by atoms with Crippen LogP contribution in [0.3, 0.4) is 0 Å². The van der Waals surface area contributed by atoms with Crippen LogP contribution in [-0.4, -0.2) is 46.4 Å². The van der Waals surface area contributed by atoms with E-state index in [-0.39, 0.29) is 5.91 Å². The topological polar surface area (TPSA) is 40.9 Å². The molecule has 0 N–H and O–H groups in total. The average Bonchev–Trinajstić information content (AvgIpc) is 3.01. The molecule has 5 nitrogen and oxygen atoms in total. The van der Waals surface area contributed by atoms with Gasteiger partial charge in [0.1, 0.15) is 11.3 Å². The van der Waals surface area contributed by atoms with Crippen LogP contribution in [0.1, 0.15) is 27.3 Å². The lowest BCUT2D eigenvalue weighted by Gasteiger charge is -2.36. The Kier molecular flexibility index (Phi) is 4.72. The molecule has 1 aliphatic rings. The number of aryl methyl sites for hydroxylation is 2. The van der Waals surface area contributed by atoms with Crippen LogP contribution < -0.4 is 4.90 Å². The first-order chi connectivity index (χ1) is 13.7. The van der Waals surface area contributed by atoms with Gasteiger partial charge in [0, 0.05) is 38.1 Å². The normalized spacial score (nSPS) is 15.2. The van der Waals surface area contributed by atoms with E-state index in [0.29, 0.717) is 43.3 Å². The molecule has 1 fully saturated rings. The predicted molar refractivity (Wildman–Crippen MR) is 104 cm³/mol. The third kappa shape index (κ3) is 3.66. The van der Waals surface area contributed by atoms with E-state index in [1.807, 2.05) is 37.1 Å². The van der Waals surface area contributed by atoms with Crippen LogP contribution in [0.4, 0.5) is 18.9 Å². The number of anilines is 1. The molecule has 1 amide bonds. The second-order valence-corrected chi connectivity index (χ2v) is 7.31. The second kappa shape index (κ2) is 7.09. The van der Waals surface area contributed by atoms with Gasteiger partial charge >= 0.3 is 6.18 Å². The summed E-state index contributed by atoms with van der Waals surface area (Å²) in [5.74, 6) is -0.109. The van der Waals surface area contributed by atoms with Gasteiger partial charge in [-0.05, 0) is 49.7 Å². The highest BCUT2D eigenvalue weighted by molar-refractivity contribution is 5.95. The van der Waals surface area contributed by atoms with Gasteiger partial charge in [0.15, 0.2) is 0 Å². The summed E-state index contributed by atoms with van der Waals surface area (Å²) < 4.78 is 40.7. The van der Waals surface area contributed by atoms with Gasteiger partial charge in [-0.3, -0.25) is 9.20 Å². The SMILES string of the molecule is Cc1ccn2c(C(=O)N3CCN(c4cccc(C(F)(F)F)c4)CC3)c(C)nc2c1. The number of piperazine rings is 1. The zero-order chi connectivity index (χ0) is 20.8. The first-order valence-corrected chi connectivity index (χ1v) is 9.41. The Morgan fingerprint density at radius 1 is 1.03 bits per heavy atom. The number of pyridine rings is 1. The number of nitrogens with zero attached hydrogens (tertiary/aromatic N) is 4. The van der Waals surface area contributed by atoms with Crippen molar-refractivity contribution in [2.45, 2.75) is 20.0 Å². The molecule has 0 unspecified atom stereocenters. The van der Waals surface area contributed by atoms with Crippen molar-refractivity contribution in [1.82, 2.24) is 14.3 Å². The van der Waals surface area contributed by atoms with Gasteiger partial charge in [0.2, 0.25) is 0 Å². The molecule has 152 valence electrons. The zero-order valence-electron chi connectivity index (χ0n) is 16.2. The summed E-state index contributed by atoms with van der Waals surface area (Å²) in [7, 11) is 0. The Morgan fingerprint density at radius 3 is 2.45 bits per heavy atom. The van der Waals surface area contributed by atoms with E-state index >= 15 is 0 Å². The summed E-state index contributed by atoms with van der Waals surface area (Å²) in [4.78, 5) is 21.2. The fraction of sp³-hybridized carbons (Fsp3) is 0.333. The molecule has 3 heterocycles. The Morgan fingerprint density at radius 2 is 1.76 bits per heavy atom. The minimum Gasteiger partial charge on any atom is -0.368 e. The van der Waals surface area contributed by atoms with Gasteiger partial charge in [0.25, 0.3) is 5.91 Å². The number of benzene rings is 1. The number of fused-ring (bicyclic) bond motifs is 1. The van der Waals surface area contributed by atoms with Crippen molar-refractivity contribution in [2.75, 3.05) is 31.1 Å². The van der Waals surface area contributed by atoms with Crippen LogP contribution in [0.25, 0.3) is 5.65 Å². The highest BCUT2D eigenvalue weighted by atomic mass is 19.4. The van der Waals surface area contributed by atoms with Gasteiger partial charge in [-0.25, -0.2) is 4.98 Å².